The Morgan fingerprint density at radius 3 is 2.80 bits per heavy atom. The van der Waals surface area contributed by atoms with Gasteiger partial charge in [-0.2, -0.15) is 0 Å². The minimum atomic E-state index is -0.239. The Morgan fingerprint density at radius 1 is 1.35 bits per heavy atom. The monoisotopic (exact) mass is 311 g/mol. The van der Waals surface area contributed by atoms with E-state index >= 15 is 0 Å². The third kappa shape index (κ3) is 3.34. The zero-order valence-electron chi connectivity index (χ0n) is 12.1. The Labute approximate surface area is 126 Å². The van der Waals surface area contributed by atoms with Gasteiger partial charge in [0.15, 0.2) is 0 Å². The van der Waals surface area contributed by atoms with Gasteiger partial charge in [0, 0.05) is 15.4 Å². The summed E-state index contributed by atoms with van der Waals surface area (Å²) in [5, 5.41) is 0. The van der Waals surface area contributed by atoms with E-state index in [-0.39, 0.29) is 8.80 Å². The number of benzene rings is 1. The van der Waals surface area contributed by atoms with Crippen molar-refractivity contribution in [3.05, 3.63) is 24.0 Å². The van der Waals surface area contributed by atoms with Crippen molar-refractivity contribution < 1.29 is 9.47 Å². The van der Waals surface area contributed by atoms with Crippen molar-refractivity contribution in [2.24, 2.45) is 0 Å². The van der Waals surface area contributed by atoms with Gasteiger partial charge in [0.1, 0.15) is 23.8 Å². The molecule has 1 heterocycles. The number of hydrogen-bond donors (Lipinski definition) is 0. The molecule has 0 saturated carbocycles. The number of para-hydroxylation sites is 1. The van der Waals surface area contributed by atoms with Crippen LogP contribution in [-0.2, 0) is 17.3 Å². The highest BCUT2D eigenvalue weighted by Gasteiger charge is 2.13. The molecule has 0 spiro atoms. The van der Waals surface area contributed by atoms with Gasteiger partial charge in [0.25, 0.3) is 0 Å². The number of halogens is 1. The van der Waals surface area contributed by atoms with Gasteiger partial charge in [-0.1, -0.05) is 19.2 Å². The van der Waals surface area contributed by atoms with Gasteiger partial charge in [-0.3, -0.25) is 0 Å². The Hall–Kier alpha value is -1.04. The van der Waals surface area contributed by atoms with E-state index in [9.17, 15) is 0 Å². The molecule has 0 bridgehead atoms. The van der Waals surface area contributed by atoms with Crippen LogP contribution in [-0.4, -0.2) is 32.1 Å². The second-order valence-electron chi connectivity index (χ2n) is 4.91. The lowest BCUT2D eigenvalue weighted by molar-refractivity contribution is 0.0887. The van der Waals surface area contributed by atoms with E-state index in [1.54, 1.807) is 7.11 Å². The molecule has 1 aromatic heterocycles. The van der Waals surface area contributed by atoms with Crippen molar-refractivity contribution in [3.63, 3.8) is 0 Å². The highest BCUT2D eigenvalue weighted by Crippen LogP contribution is 2.26. The average Bonchev–Trinajstić information content (AvgIpc) is 2.81. The molecule has 0 aliphatic carbocycles. The predicted molar refractivity (Wildman–Crippen MR) is 84.1 cm³/mol. The fourth-order valence-electron chi connectivity index (χ4n) is 2.01. The van der Waals surface area contributed by atoms with Crippen molar-refractivity contribution in [2.45, 2.75) is 31.7 Å². The van der Waals surface area contributed by atoms with Crippen molar-refractivity contribution in [2.75, 3.05) is 13.7 Å². The number of hydrogen-bond acceptors (Lipinski definition) is 3. The molecule has 1 radical (unpaired) electrons. The molecule has 0 aliphatic rings. The fraction of sp³-hybridized carbons (Fsp3) is 0.500. The third-order valence-electron chi connectivity index (χ3n) is 3.13. The lowest BCUT2D eigenvalue weighted by atomic mass is 10.3. The summed E-state index contributed by atoms with van der Waals surface area (Å²) in [4.78, 5) is 4.55. The first kappa shape index (κ1) is 15.3. The van der Waals surface area contributed by atoms with Gasteiger partial charge in [-0.15, -0.1) is 11.6 Å². The molecule has 2 aromatic rings. The molecule has 0 saturated heterocycles. The number of methoxy groups -OCH3 is 1. The third-order valence-corrected chi connectivity index (χ3v) is 4.57. The van der Waals surface area contributed by atoms with Gasteiger partial charge in [-0.25, -0.2) is 4.98 Å². The maximum atomic E-state index is 5.99. The number of nitrogens with zero attached hydrogens (tertiary/aromatic N) is 2. The predicted octanol–water partition coefficient (Wildman–Crippen LogP) is 3.51. The summed E-state index contributed by atoms with van der Waals surface area (Å²) in [7, 11) is 1.41. The van der Waals surface area contributed by atoms with Crippen LogP contribution in [0.15, 0.2) is 18.2 Å². The molecule has 0 amide bonds. The van der Waals surface area contributed by atoms with Crippen LogP contribution in [0, 0.1) is 0 Å². The summed E-state index contributed by atoms with van der Waals surface area (Å²) < 4.78 is 13.1. The van der Waals surface area contributed by atoms with E-state index in [2.05, 4.69) is 18.1 Å². The molecular weight excluding hydrogens is 292 g/mol. The Balaban J connectivity index is 2.22. The van der Waals surface area contributed by atoms with E-state index in [1.165, 1.54) is 0 Å². The fourth-order valence-corrected chi connectivity index (χ4v) is 2.77. The molecule has 0 N–H and O–H groups in total. The molecule has 2 rings (SSSR count). The number of aromatic nitrogens is 2. The number of rotatable bonds is 7. The summed E-state index contributed by atoms with van der Waals surface area (Å²) in [5.74, 6) is 1.93. The highest BCUT2D eigenvalue weighted by molar-refractivity contribution is 6.55. The van der Waals surface area contributed by atoms with E-state index in [4.69, 9.17) is 21.1 Å². The van der Waals surface area contributed by atoms with E-state index in [0.717, 1.165) is 35.3 Å². The Bertz CT molecular complexity index is 572. The molecule has 0 fully saturated rings. The number of ether oxygens (including phenoxy) is 2. The van der Waals surface area contributed by atoms with Crippen LogP contribution < -0.4 is 4.74 Å². The molecule has 109 valence electrons. The van der Waals surface area contributed by atoms with Crippen molar-refractivity contribution in [1.82, 2.24) is 9.55 Å². The van der Waals surface area contributed by atoms with Crippen molar-refractivity contribution in [3.8, 4) is 5.75 Å². The first-order chi connectivity index (χ1) is 9.67. The standard InChI is InChI=1S/C14H20ClN2O2Si/c1-18-12-6-4-5-11-14(12)16-13(9-15)17(11)10-19-7-8-20(2)3/h4-6H,7-10H2,1-3H3. The van der Waals surface area contributed by atoms with E-state index in [0.29, 0.717) is 12.6 Å². The van der Waals surface area contributed by atoms with Crippen molar-refractivity contribution >= 4 is 31.4 Å². The van der Waals surface area contributed by atoms with Crippen molar-refractivity contribution in [1.29, 1.82) is 0 Å². The van der Waals surface area contributed by atoms with Crippen LogP contribution in [0.2, 0.25) is 19.1 Å². The lowest BCUT2D eigenvalue weighted by Gasteiger charge is -2.10. The summed E-state index contributed by atoms with van der Waals surface area (Å²) in [6.07, 6.45) is 0. The molecule has 0 unspecified atom stereocenters. The van der Waals surface area contributed by atoms with E-state index in [1.807, 2.05) is 22.8 Å². The minimum Gasteiger partial charge on any atom is -0.494 e. The van der Waals surface area contributed by atoms with Crippen LogP contribution in [0.4, 0.5) is 0 Å². The van der Waals surface area contributed by atoms with Crippen LogP contribution in [0.25, 0.3) is 11.0 Å². The Kier molecular flexibility index (Phi) is 5.45. The summed E-state index contributed by atoms with van der Waals surface area (Å²) in [5.41, 5.74) is 1.84. The van der Waals surface area contributed by atoms with E-state index < -0.39 is 0 Å². The van der Waals surface area contributed by atoms with Gasteiger partial charge < -0.3 is 14.0 Å². The molecular formula is C14H20ClN2O2Si. The molecule has 0 aliphatic heterocycles. The summed E-state index contributed by atoms with van der Waals surface area (Å²) >= 11 is 5.99. The van der Waals surface area contributed by atoms with Gasteiger partial charge >= 0.3 is 0 Å². The van der Waals surface area contributed by atoms with Crippen LogP contribution in [0.1, 0.15) is 5.82 Å². The van der Waals surface area contributed by atoms with Gasteiger partial charge in [0.05, 0.1) is 18.5 Å². The summed E-state index contributed by atoms with van der Waals surface area (Å²) in [6.45, 7) is 5.85. The van der Waals surface area contributed by atoms with Crippen LogP contribution >= 0.6 is 11.6 Å². The molecule has 6 heteroatoms. The molecule has 0 atom stereocenters. The number of alkyl halides is 1. The second kappa shape index (κ2) is 7.11. The second-order valence-corrected chi connectivity index (χ2v) is 8.09. The smallest absolute Gasteiger partial charge is 0.146 e. The topological polar surface area (TPSA) is 36.3 Å². The zero-order chi connectivity index (χ0) is 14.5. The SMILES string of the molecule is COc1cccc2c1nc(CCl)n2COCC[Si](C)C. The minimum absolute atomic E-state index is 0.239. The molecule has 20 heavy (non-hydrogen) atoms. The number of fused-ring (bicyclic) bond motifs is 1. The average molecular weight is 312 g/mol. The normalized spacial score (nSPS) is 11.4. The summed E-state index contributed by atoms with van der Waals surface area (Å²) in [6, 6.07) is 7.02. The quantitative estimate of drug-likeness (QED) is 0.446. The lowest BCUT2D eigenvalue weighted by Crippen LogP contribution is -2.10. The Morgan fingerprint density at radius 2 is 2.15 bits per heavy atom. The first-order valence-electron chi connectivity index (χ1n) is 6.62. The largest absolute Gasteiger partial charge is 0.494 e. The maximum absolute atomic E-state index is 5.99. The van der Waals surface area contributed by atoms with Gasteiger partial charge in [-0.05, 0) is 18.2 Å². The molecule has 4 nitrogen and oxygen atoms in total. The zero-order valence-corrected chi connectivity index (χ0v) is 13.9. The van der Waals surface area contributed by atoms with Crippen LogP contribution in [0.3, 0.4) is 0 Å². The highest BCUT2D eigenvalue weighted by atomic mass is 35.5. The number of imidazole rings is 1. The first-order valence-corrected chi connectivity index (χ1v) is 9.86. The van der Waals surface area contributed by atoms with Gasteiger partial charge in [0.2, 0.25) is 0 Å². The maximum Gasteiger partial charge on any atom is 0.146 e. The molecule has 1 aromatic carbocycles. The van der Waals surface area contributed by atoms with Crippen LogP contribution in [0.5, 0.6) is 5.75 Å².